The number of nitrogen functional groups attached to an aromatic ring is 1. The van der Waals surface area contributed by atoms with Crippen LogP contribution in [0, 0.1) is 0 Å². The van der Waals surface area contributed by atoms with Crippen molar-refractivity contribution in [2.45, 2.75) is 18.9 Å². The van der Waals surface area contributed by atoms with Crippen LogP contribution in [0.4, 0.5) is 11.8 Å². The fourth-order valence-electron chi connectivity index (χ4n) is 3.13. The summed E-state index contributed by atoms with van der Waals surface area (Å²) in [6.07, 6.45) is 5.72. The highest BCUT2D eigenvalue weighted by Crippen LogP contribution is 2.26. The van der Waals surface area contributed by atoms with Gasteiger partial charge in [-0.2, -0.15) is 15.1 Å². The molecule has 25 heavy (non-hydrogen) atoms. The molecule has 1 saturated heterocycles. The van der Waals surface area contributed by atoms with Crippen molar-refractivity contribution in [1.82, 2.24) is 19.7 Å². The normalized spacial score (nSPS) is 17.0. The third kappa shape index (κ3) is 3.40. The Morgan fingerprint density at radius 3 is 2.76 bits per heavy atom. The van der Waals surface area contributed by atoms with Crippen LogP contribution < -0.4 is 15.4 Å². The molecule has 0 bridgehead atoms. The quantitative estimate of drug-likeness (QED) is 0.770. The van der Waals surface area contributed by atoms with Crippen molar-refractivity contribution in [1.29, 1.82) is 0 Å². The van der Waals surface area contributed by atoms with Crippen molar-refractivity contribution in [3.8, 4) is 11.6 Å². The van der Waals surface area contributed by atoms with Gasteiger partial charge in [0, 0.05) is 25.0 Å². The van der Waals surface area contributed by atoms with Crippen LogP contribution in [0.2, 0.25) is 0 Å². The summed E-state index contributed by atoms with van der Waals surface area (Å²) in [5.74, 6) is 2.62. The summed E-state index contributed by atoms with van der Waals surface area (Å²) in [6, 6.07) is 13.9. The summed E-state index contributed by atoms with van der Waals surface area (Å²) in [5.41, 5.74) is 5.92. The predicted molar refractivity (Wildman–Crippen MR) is 95.9 cm³/mol. The topological polar surface area (TPSA) is 82.1 Å². The van der Waals surface area contributed by atoms with Crippen LogP contribution in [-0.4, -0.2) is 38.9 Å². The van der Waals surface area contributed by atoms with E-state index < -0.39 is 0 Å². The van der Waals surface area contributed by atoms with E-state index in [4.69, 9.17) is 10.5 Å². The van der Waals surface area contributed by atoms with Crippen molar-refractivity contribution in [3.05, 3.63) is 54.9 Å². The molecule has 3 aromatic rings. The van der Waals surface area contributed by atoms with E-state index in [-0.39, 0.29) is 12.0 Å². The smallest absolute Gasteiger partial charge is 0.224 e. The number of nitrogens with two attached hydrogens (primary N) is 1. The minimum atomic E-state index is 0.248. The van der Waals surface area contributed by atoms with E-state index in [1.165, 1.54) is 0 Å². The Morgan fingerprint density at radius 2 is 1.96 bits per heavy atom. The predicted octanol–water partition coefficient (Wildman–Crippen LogP) is 2.29. The van der Waals surface area contributed by atoms with Gasteiger partial charge in [0.25, 0.3) is 0 Å². The first kappa shape index (κ1) is 15.4. The average molecular weight is 336 g/mol. The van der Waals surface area contributed by atoms with Gasteiger partial charge in [-0.25, -0.2) is 4.68 Å². The molecule has 4 rings (SSSR count). The molecule has 2 aromatic heterocycles. The van der Waals surface area contributed by atoms with Gasteiger partial charge in [0.1, 0.15) is 18.2 Å². The SMILES string of the molecule is Nc1nc(N2CCC[C@H]2COc2ccccc2)cc(-n2cccn2)n1. The molecule has 1 atom stereocenters. The van der Waals surface area contributed by atoms with Crippen molar-refractivity contribution >= 4 is 11.8 Å². The number of rotatable bonds is 5. The molecule has 128 valence electrons. The Hall–Kier alpha value is -3.09. The Kier molecular flexibility index (Phi) is 4.20. The van der Waals surface area contributed by atoms with Crippen LogP contribution >= 0.6 is 0 Å². The Morgan fingerprint density at radius 1 is 1.12 bits per heavy atom. The molecule has 1 fully saturated rings. The lowest BCUT2D eigenvalue weighted by Crippen LogP contribution is -2.35. The van der Waals surface area contributed by atoms with Gasteiger partial charge < -0.3 is 15.4 Å². The number of nitrogens with zero attached hydrogens (tertiary/aromatic N) is 5. The molecule has 0 radical (unpaired) electrons. The molecule has 7 nitrogen and oxygen atoms in total. The fraction of sp³-hybridized carbons (Fsp3) is 0.278. The van der Waals surface area contributed by atoms with E-state index in [9.17, 15) is 0 Å². The van der Waals surface area contributed by atoms with Gasteiger partial charge in [-0.1, -0.05) is 18.2 Å². The molecular formula is C18H20N6O. The lowest BCUT2D eigenvalue weighted by atomic mass is 10.2. The van der Waals surface area contributed by atoms with Crippen LogP contribution in [-0.2, 0) is 0 Å². The maximum Gasteiger partial charge on any atom is 0.224 e. The third-order valence-corrected chi connectivity index (χ3v) is 4.31. The number of para-hydroxylation sites is 1. The van der Waals surface area contributed by atoms with E-state index in [1.54, 1.807) is 10.9 Å². The molecule has 7 heteroatoms. The summed E-state index contributed by atoms with van der Waals surface area (Å²) in [4.78, 5) is 10.9. The molecule has 0 saturated carbocycles. The van der Waals surface area contributed by atoms with Gasteiger partial charge in [-0.3, -0.25) is 0 Å². The molecule has 0 aliphatic carbocycles. The van der Waals surface area contributed by atoms with Gasteiger partial charge in [0.15, 0.2) is 5.82 Å². The van der Waals surface area contributed by atoms with Crippen LogP contribution in [0.25, 0.3) is 5.82 Å². The van der Waals surface area contributed by atoms with E-state index in [0.29, 0.717) is 12.4 Å². The lowest BCUT2D eigenvalue weighted by Gasteiger charge is -2.26. The first-order chi connectivity index (χ1) is 12.3. The summed E-state index contributed by atoms with van der Waals surface area (Å²) < 4.78 is 7.63. The van der Waals surface area contributed by atoms with Crippen molar-refractivity contribution in [2.75, 3.05) is 23.8 Å². The van der Waals surface area contributed by atoms with E-state index in [1.807, 2.05) is 48.7 Å². The van der Waals surface area contributed by atoms with E-state index in [0.717, 1.165) is 31.0 Å². The Bertz CT molecular complexity index is 821. The number of hydrogen-bond acceptors (Lipinski definition) is 6. The molecule has 0 amide bonds. The maximum atomic E-state index is 5.94. The Labute approximate surface area is 146 Å². The zero-order chi connectivity index (χ0) is 17.1. The van der Waals surface area contributed by atoms with Gasteiger partial charge in [0.05, 0.1) is 6.04 Å². The highest BCUT2D eigenvalue weighted by molar-refractivity contribution is 5.49. The summed E-state index contributed by atoms with van der Waals surface area (Å²) in [6.45, 7) is 1.54. The van der Waals surface area contributed by atoms with Crippen molar-refractivity contribution in [2.24, 2.45) is 0 Å². The number of aromatic nitrogens is 4. The van der Waals surface area contributed by atoms with Gasteiger partial charge in [0.2, 0.25) is 5.95 Å². The van der Waals surface area contributed by atoms with Gasteiger partial charge in [-0.15, -0.1) is 0 Å². The van der Waals surface area contributed by atoms with Gasteiger partial charge in [-0.05, 0) is 31.0 Å². The van der Waals surface area contributed by atoms with E-state index >= 15 is 0 Å². The molecule has 2 N–H and O–H groups in total. The van der Waals surface area contributed by atoms with Crippen molar-refractivity contribution in [3.63, 3.8) is 0 Å². The maximum absolute atomic E-state index is 5.94. The summed E-state index contributed by atoms with van der Waals surface area (Å²) >= 11 is 0. The molecule has 1 aliphatic heterocycles. The molecule has 1 aliphatic rings. The second-order valence-corrected chi connectivity index (χ2v) is 6.01. The number of hydrogen-bond donors (Lipinski definition) is 1. The zero-order valence-corrected chi connectivity index (χ0v) is 13.8. The Balaban J connectivity index is 1.54. The summed E-state index contributed by atoms with van der Waals surface area (Å²) in [7, 11) is 0. The monoisotopic (exact) mass is 336 g/mol. The van der Waals surface area contributed by atoms with E-state index in [2.05, 4.69) is 20.0 Å². The molecule has 1 aromatic carbocycles. The number of ether oxygens (including phenoxy) is 1. The van der Waals surface area contributed by atoms with Crippen LogP contribution in [0.15, 0.2) is 54.9 Å². The minimum absolute atomic E-state index is 0.248. The fourth-order valence-corrected chi connectivity index (χ4v) is 3.13. The highest BCUT2D eigenvalue weighted by atomic mass is 16.5. The zero-order valence-electron chi connectivity index (χ0n) is 13.8. The third-order valence-electron chi connectivity index (χ3n) is 4.31. The molecular weight excluding hydrogens is 316 g/mol. The van der Waals surface area contributed by atoms with Crippen molar-refractivity contribution < 1.29 is 4.74 Å². The standard InChI is InChI=1S/C18H20N6O/c19-18-21-16(12-17(22-18)24-11-5-9-20-24)23-10-4-6-14(23)13-25-15-7-2-1-3-8-15/h1-3,5,7-9,11-12,14H,4,6,10,13H2,(H2,19,21,22)/t14-/m0/s1. The number of benzene rings is 1. The van der Waals surface area contributed by atoms with Crippen LogP contribution in [0.5, 0.6) is 5.75 Å². The first-order valence-corrected chi connectivity index (χ1v) is 8.39. The average Bonchev–Trinajstić information content (AvgIpc) is 3.32. The van der Waals surface area contributed by atoms with Crippen LogP contribution in [0.3, 0.4) is 0 Å². The second-order valence-electron chi connectivity index (χ2n) is 6.01. The lowest BCUT2D eigenvalue weighted by molar-refractivity contribution is 0.288. The number of anilines is 2. The largest absolute Gasteiger partial charge is 0.491 e. The molecule has 0 unspecified atom stereocenters. The minimum Gasteiger partial charge on any atom is -0.491 e. The van der Waals surface area contributed by atoms with Gasteiger partial charge >= 0.3 is 0 Å². The molecule has 3 heterocycles. The summed E-state index contributed by atoms with van der Waals surface area (Å²) in [5, 5.41) is 4.22. The second kappa shape index (κ2) is 6.80. The molecule has 0 spiro atoms. The highest BCUT2D eigenvalue weighted by Gasteiger charge is 2.27. The first-order valence-electron chi connectivity index (χ1n) is 8.39. The van der Waals surface area contributed by atoms with Crippen LogP contribution in [0.1, 0.15) is 12.8 Å².